The number of amides is 1. The van der Waals surface area contributed by atoms with Crippen molar-refractivity contribution >= 4 is 29.3 Å². The van der Waals surface area contributed by atoms with Gasteiger partial charge in [-0.1, -0.05) is 23.7 Å². The molecule has 0 aliphatic rings. The molecule has 0 saturated heterocycles. The second-order valence-electron chi connectivity index (χ2n) is 4.42. The number of carbonyl (C=O) groups is 2. The van der Waals surface area contributed by atoms with E-state index in [0.717, 1.165) is 0 Å². The summed E-state index contributed by atoms with van der Waals surface area (Å²) in [5.41, 5.74) is 0.270. The van der Waals surface area contributed by atoms with Gasteiger partial charge in [-0.25, -0.2) is 9.78 Å². The zero-order valence-corrected chi connectivity index (χ0v) is 13.2. The normalized spacial score (nSPS) is 10.0. The third-order valence-electron chi connectivity index (χ3n) is 2.74. The van der Waals surface area contributed by atoms with Crippen LogP contribution in [0.3, 0.4) is 0 Å². The molecular weight excluding hydrogens is 320 g/mol. The van der Waals surface area contributed by atoms with E-state index in [9.17, 15) is 9.59 Å². The van der Waals surface area contributed by atoms with Crippen LogP contribution in [0, 0.1) is 0 Å². The molecule has 23 heavy (non-hydrogen) atoms. The molecule has 2 rings (SSSR count). The molecule has 0 aliphatic carbocycles. The Balaban J connectivity index is 1.91. The number of para-hydroxylation sites is 1. The molecule has 0 bridgehead atoms. The van der Waals surface area contributed by atoms with Crippen molar-refractivity contribution < 1.29 is 19.1 Å². The third kappa shape index (κ3) is 4.96. The van der Waals surface area contributed by atoms with Crippen LogP contribution < -0.4 is 10.1 Å². The van der Waals surface area contributed by atoms with Crippen molar-refractivity contribution in [1.29, 1.82) is 0 Å². The molecule has 0 atom stereocenters. The smallest absolute Gasteiger partial charge is 0.342 e. The van der Waals surface area contributed by atoms with Gasteiger partial charge in [0.15, 0.2) is 6.61 Å². The first-order valence-corrected chi connectivity index (χ1v) is 7.28. The number of ether oxygens (including phenoxy) is 2. The lowest BCUT2D eigenvalue weighted by atomic mass is 10.2. The van der Waals surface area contributed by atoms with Gasteiger partial charge in [-0.15, -0.1) is 0 Å². The standard InChI is InChI=1S/C16H15ClN2O4/c1-2-22-13-6-4-3-5-12(13)16(21)23-10-15(20)19-14-8-7-11(17)9-18-14/h3-9H,2,10H2,1H3,(H,18,19,20). The summed E-state index contributed by atoms with van der Waals surface area (Å²) in [4.78, 5) is 27.7. The van der Waals surface area contributed by atoms with Crippen molar-refractivity contribution in [3.63, 3.8) is 0 Å². The molecule has 0 saturated carbocycles. The van der Waals surface area contributed by atoms with Crippen molar-refractivity contribution in [2.45, 2.75) is 6.92 Å². The molecule has 120 valence electrons. The number of nitrogens with zero attached hydrogens (tertiary/aromatic N) is 1. The van der Waals surface area contributed by atoms with E-state index in [1.54, 1.807) is 36.4 Å². The number of nitrogens with one attached hydrogen (secondary N) is 1. The Morgan fingerprint density at radius 1 is 1.22 bits per heavy atom. The molecule has 0 radical (unpaired) electrons. The van der Waals surface area contributed by atoms with E-state index in [-0.39, 0.29) is 5.56 Å². The summed E-state index contributed by atoms with van der Waals surface area (Å²) < 4.78 is 10.3. The highest BCUT2D eigenvalue weighted by Gasteiger charge is 2.15. The van der Waals surface area contributed by atoms with Crippen molar-refractivity contribution in [2.24, 2.45) is 0 Å². The van der Waals surface area contributed by atoms with Gasteiger partial charge in [-0.05, 0) is 31.2 Å². The predicted molar refractivity (Wildman–Crippen MR) is 85.8 cm³/mol. The number of carbonyl (C=O) groups excluding carboxylic acids is 2. The fourth-order valence-electron chi connectivity index (χ4n) is 1.75. The molecule has 7 heteroatoms. The average Bonchev–Trinajstić information content (AvgIpc) is 2.56. The summed E-state index contributed by atoms with van der Waals surface area (Å²) in [6, 6.07) is 9.82. The van der Waals surface area contributed by atoms with Gasteiger partial charge in [0.05, 0.1) is 11.6 Å². The Morgan fingerprint density at radius 3 is 2.70 bits per heavy atom. The highest BCUT2D eigenvalue weighted by atomic mass is 35.5. The molecule has 1 amide bonds. The molecule has 1 heterocycles. The van der Waals surface area contributed by atoms with Crippen LogP contribution >= 0.6 is 11.6 Å². The lowest BCUT2D eigenvalue weighted by Gasteiger charge is -2.10. The van der Waals surface area contributed by atoms with Gasteiger partial charge in [-0.2, -0.15) is 0 Å². The fourth-order valence-corrected chi connectivity index (χ4v) is 1.87. The summed E-state index contributed by atoms with van der Waals surface area (Å²) in [5, 5.41) is 2.96. The van der Waals surface area contributed by atoms with Crippen LogP contribution in [0.25, 0.3) is 0 Å². The highest BCUT2D eigenvalue weighted by molar-refractivity contribution is 6.30. The number of aromatic nitrogens is 1. The van der Waals surface area contributed by atoms with Gasteiger partial charge in [0, 0.05) is 6.20 Å². The van der Waals surface area contributed by atoms with E-state index in [1.807, 2.05) is 6.92 Å². The monoisotopic (exact) mass is 334 g/mol. The number of pyridine rings is 1. The first-order chi connectivity index (χ1) is 11.1. The molecule has 0 unspecified atom stereocenters. The molecular formula is C16H15ClN2O4. The van der Waals surface area contributed by atoms with E-state index < -0.39 is 18.5 Å². The maximum absolute atomic E-state index is 12.0. The lowest BCUT2D eigenvalue weighted by Crippen LogP contribution is -2.21. The van der Waals surface area contributed by atoms with Crippen LogP contribution in [0.15, 0.2) is 42.6 Å². The summed E-state index contributed by atoms with van der Waals surface area (Å²) in [7, 11) is 0. The minimum atomic E-state index is -0.631. The topological polar surface area (TPSA) is 77.5 Å². The molecule has 1 aromatic carbocycles. The fraction of sp³-hybridized carbons (Fsp3) is 0.188. The Labute approximate surface area is 138 Å². The maximum atomic E-state index is 12.0. The molecule has 0 fully saturated rings. The SMILES string of the molecule is CCOc1ccccc1C(=O)OCC(=O)Nc1ccc(Cl)cn1. The minimum Gasteiger partial charge on any atom is -0.493 e. The van der Waals surface area contributed by atoms with Gasteiger partial charge < -0.3 is 14.8 Å². The van der Waals surface area contributed by atoms with Crippen molar-refractivity contribution in [3.05, 3.63) is 53.2 Å². The number of hydrogen-bond acceptors (Lipinski definition) is 5. The van der Waals surface area contributed by atoms with Crippen LogP contribution in [0.5, 0.6) is 5.75 Å². The first-order valence-electron chi connectivity index (χ1n) is 6.90. The molecule has 2 aromatic rings. The van der Waals surface area contributed by atoms with Gasteiger partial charge in [0.25, 0.3) is 5.91 Å². The molecule has 0 spiro atoms. The molecule has 1 aromatic heterocycles. The van der Waals surface area contributed by atoms with Crippen LogP contribution in [-0.2, 0) is 9.53 Å². The van der Waals surface area contributed by atoms with Crippen molar-refractivity contribution in [3.8, 4) is 5.75 Å². The largest absolute Gasteiger partial charge is 0.493 e. The van der Waals surface area contributed by atoms with Gasteiger partial charge >= 0.3 is 5.97 Å². The number of halogens is 1. The molecule has 1 N–H and O–H groups in total. The molecule has 6 nitrogen and oxygen atoms in total. The van der Waals surface area contributed by atoms with E-state index in [2.05, 4.69) is 10.3 Å². The first kappa shape index (κ1) is 16.8. The lowest BCUT2D eigenvalue weighted by molar-refractivity contribution is -0.119. The van der Waals surface area contributed by atoms with Gasteiger partial charge in [-0.3, -0.25) is 4.79 Å². The van der Waals surface area contributed by atoms with Crippen LogP contribution in [0.2, 0.25) is 5.02 Å². The van der Waals surface area contributed by atoms with Crippen molar-refractivity contribution in [1.82, 2.24) is 4.98 Å². The van der Waals surface area contributed by atoms with Gasteiger partial charge in [0.2, 0.25) is 0 Å². The zero-order chi connectivity index (χ0) is 16.7. The Morgan fingerprint density at radius 2 is 2.00 bits per heavy atom. The quantitative estimate of drug-likeness (QED) is 0.822. The second kappa shape index (κ2) is 8.14. The molecule has 0 aliphatic heterocycles. The van der Waals surface area contributed by atoms with Crippen molar-refractivity contribution in [2.75, 3.05) is 18.5 Å². The van der Waals surface area contributed by atoms with Crippen LogP contribution in [-0.4, -0.2) is 30.1 Å². The number of hydrogen-bond donors (Lipinski definition) is 1. The number of esters is 1. The number of anilines is 1. The Bertz CT molecular complexity index is 689. The van der Waals surface area contributed by atoms with Crippen LogP contribution in [0.4, 0.5) is 5.82 Å². The third-order valence-corrected chi connectivity index (χ3v) is 2.96. The summed E-state index contributed by atoms with van der Waals surface area (Å²) in [6.07, 6.45) is 1.40. The zero-order valence-electron chi connectivity index (χ0n) is 12.4. The average molecular weight is 335 g/mol. The summed E-state index contributed by atoms with van der Waals surface area (Å²) in [6.45, 7) is 1.81. The van der Waals surface area contributed by atoms with E-state index in [1.165, 1.54) is 6.20 Å². The second-order valence-corrected chi connectivity index (χ2v) is 4.85. The Kier molecular flexibility index (Phi) is 5.94. The number of rotatable bonds is 6. The maximum Gasteiger partial charge on any atom is 0.342 e. The number of benzene rings is 1. The van der Waals surface area contributed by atoms with E-state index in [4.69, 9.17) is 21.1 Å². The van der Waals surface area contributed by atoms with E-state index >= 15 is 0 Å². The highest BCUT2D eigenvalue weighted by Crippen LogP contribution is 2.18. The van der Waals surface area contributed by atoms with E-state index in [0.29, 0.717) is 23.2 Å². The predicted octanol–water partition coefficient (Wildman–Crippen LogP) is 2.93. The van der Waals surface area contributed by atoms with Crippen LogP contribution in [0.1, 0.15) is 17.3 Å². The summed E-state index contributed by atoms with van der Waals surface area (Å²) >= 11 is 5.70. The Hall–Kier alpha value is -2.60. The van der Waals surface area contributed by atoms with Gasteiger partial charge in [0.1, 0.15) is 17.1 Å². The minimum absolute atomic E-state index is 0.270. The summed E-state index contributed by atoms with van der Waals surface area (Å²) in [5.74, 6) is -0.389.